The predicted octanol–water partition coefficient (Wildman–Crippen LogP) is 3.25. The quantitative estimate of drug-likeness (QED) is 0.751. The molecule has 2 fully saturated rings. The van der Waals surface area contributed by atoms with Crippen LogP contribution < -0.4 is 0 Å². The number of amides is 2. The Morgan fingerprint density at radius 3 is 2.29 bits per heavy atom. The number of rotatable bonds is 2. The molecular weight excluding hydrogens is 349 g/mol. The highest BCUT2D eigenvalue weighted by Crippen LogP contribution is 2.25. The van der Waals surface area contributed by atoms with Crippen LogP contribution in [0.5, 0.6) is 0 Å². The van der Waals surface area contributed by atoms with Gasteiger partial charge in [0.15, 0.2) is 0 Å². The Morgan fingerprint density at radius 1 is 0.958 bits per heavy atom. The van der Waals surface area contributed by atoms with Gasteiger partial charge in [-0.05, 0) is 44.2 Å². The molecule has 5 nitrogen and oxygen atoms in total. The molecule has 0 aromatic carbocycles. The molecule has 0 radical (unpaired) electrons. The molecule has 0 bridgehead atoms. The molecule has 0 unspecified atom stereocenters. The minimum absolute atomic E-state index is 0.0231. The van der Waals surface area contributed by atoms with Crippen molar-refractivity contribution in [2.24, 2.45) is 5.92 Å². The zero-order chi connectivity index (χ0) is 17.1. The second-order valence-corrected chi connectivity index (χ2v) is 7.21. The fraction of sp³-hybridized carbons (Fsp3) is 0.588. The Kier molecular flexibility index (Phi) is 5.61. The van der Waals surface area contributed by atoms with Crippen molar-refractivity contribution in [2.75, 3.05) is 26.2 Å². The van der Waals surface area contributed by atoms with E-state index in [0.29, 0.717) is 31.0 Å². The van der Waals surface area contributed by atoms with Crippen molar-refractivity contribution in [3.05, 3.63) is 28.0 Å². The van der Waals surface area contributed by atoms with Gasteiger partial charge in [-0.1, -0.05) is 23.2 Å². The van der Waals surface area contributed by atoms with Crippen LogP contribution in [-0.4, -0.2) is 52.8 Å². The number of carbonyl (C=O) groups is 2. The first kappa shape index (κ1) is 17.5. The number of nitrogens with zero attached hydrogens (tertiary/aromatic N) is 3. The summed E-state index contributed by atoms with van der Waals surface area (Å²) in [6.45, 7) is 2.85. The van der Waals surface area contributed by atoms with Crippen LogP contribution in [0.2, 0.25) is 10.2 Å². The van der Waals surface area contributed by atoms with Gasteiger partial charge in [-0.25, -0.2) is 4.98 Å². The van der Waals surface area contributed by atoms with Crippen LogP contribution in [-0.2, 0) is 4.79 Å². The number of hydrogen-bond donors (Lipinski definition) is 0. The maximum absolute atomic E-state index is 12.6. The standard InChI is InChI=1S/C17H21Cl2N3O2/c18-13-4-5-14(19)20-15(13)17(24)22-10-6-12(7-11-22)16(23)21-8-2-1-3-9-21/h4-5,12H,1-3,6-11H2. The van der Waals surface area contributed by atoms with E-state index in [4.69, 9.17) is 23.2 Å². The van der Waals surface area contributed by atoms with E-state index in [2.05, 4.69) is 4.98 Å². The minimum Gasteiger partial charge on any atom is -0.342 e. The Hall–Kier alpha value is -1.33. The second kappa shape index (κ2) is 7.70. The number of likely N-dealkylation sites (tertiary alicyclic amines) is 2. The van der Waals surface area contributed by atoms with E-state index in [1.165, 1.54) is 6.42 Å². The molecule has 2 saturated heterocycles. The summed E-state index contributed by atoms with van der Waals surface area (Å²) in [4.78, 5) is 32.9. The average Bonchev–Trinajstić information content (AvgIpc) is 2.63. The summed E-state index contributed by atoms with van der Waals surface area (Å²) in [6, 6.07) is 3.14. The minimum atomic E-state index is -0.216. The predicted molar refractivity (Wildman–Crippen MR) is 93.3 cm³/mol. The van der Waals surface area contributed by atoms with Crippen LogP contribution in [0.3, 0.4) is 0 Å². The van der Waals surface area contributed by atoms with Crippen LogP contribution in [0.25, 0.3) is 0 Å². The Morgan fingerprint density at radius 2 is 1.62 bits per heavy atom. The highest BCUT2D eigenvalue weighted by atomic mass is 35.5. The number of carbonyl (C=O) groups excluding carboxylic acids is 2. The molecule has 0 spiro atoms. The Bertz CT molecular complexity index is 624. The molecule has 1 aromatic heterocycles. The fourth-order valence-corrected chi connectivity index (χ4v) is 3.75. The molecule has 0 atom stereocenters. The van der Waals surface area contributed by atoms with Crippen molar-refractivity contribution in [3.8, 4) is 0 Å². The van der Waals surface area contributed by atoms with Crippen molar-refractivity contribution in [2.45, 2.75) is 32.1 Å². The molecule has 24 heavy (non-hydrogen) atoms. The van der Waals surface area contributed by atoms with E-state index in [1.54, 1.807) is 17.0 Å². The summed E-state index contributed by atoms with van der Waals surface area (Å²) >= 11 is 11.9. The highest BCUT2D eigenvalue weighted by Gasteiger charge is 2.31. The summed E-state index contributed by atoms with van der Waals surface area (Å²) < 4.78 is 0. The highest BCUT2D eigenvalue weighted by molar-refractivity contribution is 6.34. The maximum Gasteiger partial charge on any atom is 0.274 e. The smallest absolute Gasteiger partial charge is 0.274 e. The fourth-order valence-electron chi connectivity index (χ4n) is 3.42. The van der Waals surface area contributed by atoms with Crippen LogP contribution in [0, 0.1) is 5.92 Å². The molecule has 3 heterocycles. The average molecular weight is 370 g/mol. The first-order valence-electron chi connectivity index (χ1n) is 8.46. The van der Waals surface area contributed by atoms with Gasteiger partial charge in [0.1, 0.15) is 10.8 Å². The van der Waals surface area contributed by atoms with Gasteiger partial charge < -0.3 is 9.80 Å². The van der Waals surface area contributed by atoms with Crippen molar-refractivity contribution in [1.82, 2.24) is 14.8 Å². The van der Waals surface area contributed by atoms with Gasteiger partial charge in [0.25, 0.3) is 5.91 Å². The third-order valence-corrected chi connectivity index (χ3v) is 5.33. The lowest BCUT2D eigenvalue weighted by molar-refractivity contribution is -0.137. The molecule has 130 valence electrons. The van der Waals surface area contributed by atoms with Crippen LogP contribution in [0.1, 0.15) is 42.6 Å². The molecule has 0 aliphatic carbocycles. The van der Waals surface area contributed by atoms with Gasteiger partial charge in [0, 0.05) is 32.1 Å². The molecular formula is C17H21Cl2N3O2. The third kappa shape index (κ3) is 3.83. The Labute approximate surface area is 151 Å². The van der Waals surface area contributed by atoms with E-state index in [1.807, 2.05) is 4.90 Å². The van der Waals surface area contributed by atoms with Gasteiger partial charge >= 0.3 is 0 Å². The van der Waals surface area contributed by atoms with Crippen LogP contribution in [0.4, 0.5) is 0 Å². The van der Waals surface area contributed by atoms with E-state index in [0.717, 1.165) is 25.9 Å². The van der Waals surface area contributed by atoms with Crippen molar-refractivity contribution < 1.29 is 9.59 Å². The summed E-state index contributed by atoms with van der Waals surface area (Å²) in [5.74, 6) is 0.0574. The normalized spacial score (nSPS) is 19.4. The lowest BCUT2D eigenvalue weighted by Crippen LogP contribution is -2.45. The van der Waals surface area contributed by atoms with Gasteiger partial charge in [-0.2, -0.15) is 0 Å². The number of pyridine rings is 1. The van der Waals surface area contributed by atoms with Gasteiger partial charge in [0.2, 0.25) is 5.91 Å². The van der Waals surface area contributed by atoms with E-state index >= 15 is 0 Å². The van der Waals surface area contributed by atoms with Gasteiger partial charge in [0.05, 0.1) is 5.02 Å². The van der Waals surface area contributed by atoms with Gasteiger partial charge in [-0.15, -0.1) is 0 Å². The monoisotopic (exact) mass is 369 g/mol. The molecule has 2 aliphatic rings. The molecule has 0 saturated carbocycles. The Balaban J connectivity index is 1.59. The summed E-state index contributed by atoms with van der Waals surface area (Å²) in [5.41, 5.74) is 0.185. The molecule has 2 amide bonds. The largest absolute Gasteiger partial charge is 0.342 e. The second-order valence-electron chi connectivity index (χ2n) is 6.42. The molecule has 0 N–H and O–H groups in total. The summed E-state index contributed by atoms with van der Waals surface area (Å²) in [7, 11) is 0. The third-order valence-electron chi connectivity index (χ3n) is 4.81. The molecule has 7 heteroatoms. The van der Waals surface area contributed by atoms with Gasteiger partial charge in [-0.3, -0.25) is 9.59 Å². The van der Waals surface area contributed by atoms with E-state index in [-0.39, 0.29) is 28.6 Å². The number of piperidine rings is 2. The zero-order valence-electron chi connectivity index (χ0n) is 13.5. The van der Waals surface area contributed by atoms with Crippen molar-refractivity contribution >= 4 is 35.0 Å². The lowest BCUT2D eigenvalue weighted by atomic mass is 9.94. The molecule has 1 aromatic rings. The van der Waals surface area contributed by atoms with E-state index < -0.39 is 0 Å². The summed E-state index contributed by atoms with van der Waals surface area (Å²) in [5, 5.41) is 0.550. The first-order valence-corrected chi connectivity index (χ1v) is 9.22. The zero-order valence-corrected chi connectivity index (χ0v) is 15.0. The maximum atomic E-state index is 12.6. The lowest BCUT2D eigenvalue weighted by Gasteiger charge is -2.35. The first-order chi connectivity index (χ1) is 11.6. The van der Waals surface area contributed by atoms with Crippen LogP contribution >= 0.6 is 23.2 Å². The van der Waals surface area contributed by atoms with Crippen LogP contribution in [0.15, 0.2) is 12.1 Å². The number of halogens is 2. The topological polar surface area (TPSA) is 53.5 Å². The SMILES string of the molecule is O=C(c1nc(Cl)ccc1Cl)N1CCC(C(=O)N2CCCCC2)CC1. The van der Waals surface area contributed by atoms with Crippen molar-refractivity contribution in [3.63, 3.8) is 0 Å². The number of aromatic nitrogens is 1. The number of hydrogen-bond acceptors (Lipinski definition) is 3. The summed E-state index contributed by atoms with van der Waals surface area (Å²) in [6.07, 6.45) is 4.80. The van der Waals surface area contributed by atoms with Crippen molar-refractivity contribution in [1.29, 1.82) is 0 Å². The molecule has 2 aliphatic heterocycles. The van der Waals surface area contributed by atoms with E-state index in [9.17, 15) is 9.59 Å². The molecule has 3 rings (SSSR count).